The third kappa shape index (κ3) is 4.90. The van der Waals surface area contributed by atoms with Crippen LogP contribution < -0.4 is 10.5 Å². The van der Waals surface area contributed by atoms with Gasteiger partial charge in [-0.05, 0) is 24.6 Å². The van der Waals surface area contributed by atoms with Gasteiger partial charge >= 0.3 is 6.36 Å². The molecule has 0 saturated carbocycles. The van der Waals surface area contributed by atoms with Crippen LogP contribution in [0.15, 0.2) is 24.3 Å². The van der Waals surface area contributed by atoms with Crippen LogP contribution in [0.1, 0.15) is 18.5 Å². The molecule has 1 aromatic rings. The van der Waals surface area contributed by atoms with Gasteiger partial charge < -0.3 is 10.5 Å². The normalized spacial score (nSPS) is 12.9. The van der Waals surface area contributed by atoms with E-state index in [9.17, 15) is 13.2 Å². The summed E-state index contributed by atoms with van der Waals surface area (Å²) in [6.45, 7) is 1.75. The van der Waals surface area contributed by atoms with Gasteiger partial charge in [-0.2, -0.15) is 0 Å². The van der Waals surface area contributed by atoms with Crippen molar-refractivity contribution >= 4 is 12.4 Å². The van der Waals surface area contributed by atoms with Crippen LogP contribution in [-0.4, -0.2) is 6.36 Å². The molecule has 1 atom stereocenters. The molecule has 0 radical (unpaired) electrons. The molecule has 86 valence electrons. The van der Waals surface area contributed by atoms with Crippen molar-refractivity contribution in [3.05, 3.63) is 29.8 Å². The van der Waals surface area contributed by atoms with E-state index in [4.69, 9.17) is 5.73 Å². The first-order chi connectivity index (χ1) is 6.38. The molecule has 1 aromatic carbocycles. The molecular weight excluding hydrogens is 231 g/mol. The Bertz CT molecular complexity index is 297. The molecule has 0 saturated heterocycles. The van der Waals surface area contributed by atoms with E-state index in [0.717, 1.165) is 5.56 Å². The molecule has 0 spiro atoms. The van der Waals surface area contributed by atoms with Gasteiger partial charge in [0.15, 0.2) is 0 Å². The number of alkyl halides is 3. The topological polar surface area (TPSA) is 35.2 Å². The molecular formula is C9H11ClF3NO. The van der Waals surface area contributed by atoms with Crippen molar-refractivity contribution in [2.24, 2.45) is 5.73 Å². The van der Waals surface area contributed by atoms with E-state index in [1.807, 2.05) is 0 Å². The van der Waals surface area contributed by atoms with Gasteiger partial charge in [0.2, 0.25) is 0 Å². The highest BCUT2D eigenvalue weighted by Crippen LogP contribution is 2.23. The number of halogens is 4. The Morgan fingerprint density at radius 3 is 2.00 bits per heavy atom. The van der Waals surface area contributed by atoms with E-state index >= 15 is 0 Å². The Morgan fingerprint density at radius 1 is 1.20 bits per heavy atom. The molecule has 1 rings (SSSR count). The maximum absolute atomic E-state index is 11.8. The maximum atomic E-state index is 11.8. The van der Waals surface area contributed by atoms with Crippen LogP contribution in [0, 0.1) is 0 Å². The standard InChI is InChI=1S/C9H10F3NO.ClH/c1-6(13)7-2-4-8(5-3-7)14-9(10,11)12;/h2-6H,13H2,1H3;1H/t6-;/m1./s1. The van der Waals surface area contributed by atoms with Gasteiger partial charge in [0, 0.05) is 6.04 Å². The van der Waals surface area contributed by atoms with Crippen LogP contribution in [0.25, 0.3) is 0 Å². The SMILES string of the molecule is C[C@@H](N)c1ccc(OC(F)(F)F)cc1.Cl. The molecule has 0 aliphatic rings. The second kappa shape index (κ2) is 5.23. The van der Waals surface area contributed by atoms with Gasteiger partial charge in [0.25, 0.3) is 0 Å². The molecule has 15 heavy (non-hydrogen) atoms. The van der Waals surface area contributed by atoms with E-state index < -0.39 is 6.36 Å². The van der Waals surface area contributed by atoms with Crippen molar-refractivity contribution in [1.82, 2.24) is 0 Å². The molecule has 2 nitrogen and oxygen atoms in total. The lowest BCUT2D eigenvalue weighted by molar-refractivity contribution is -0.274. The van der Waals surface area contributed by atoms with Gasteiger partial charge in [-0.25, -0.2) is 0 Å². The Balaban J connectivity index is 0.00000196. The van der Waals surface area contributed by atoms with Crippen molar-refractivity contribution in [1.29, 1.82) is 0 Å². The summed E-state index contributed by atoms with van der Waals surface area (Å²) >= 11 is 0. The molecule has 6 heteroatoms. The van der Waals surface area contributed by atoms with Crippen molar-refractivity contribution < 1.29 is 17.9 Å². The number of rotatable bonds is 2. The van der Waals surface area contributed by atoms with E-state index in [0.29, 0.717) is 0 Å². The van der Waals surface area contributed by atoms with Gasteiger partial charge in [0.05, 0.1) is 0 Å². The second-order valence-corrected chi connectivity index (χ2v) is 2.91. The average molecular weight is 242 g/mol. The number of benzene rings is 1. The lowest BCUT2D eigenvalue weighted by atomic mass is 10.1. The minimum absolute atomic E-state index is 0. The minimum atomic E-state index is -4.64. The van der Waals surface area contributed by atoms with Crippen LogP contribution in [-0.2, 0) is 0 Å². The van der Waals surface area contributed by atoms with E-state index in [-0.39, 0.29) is 24.2 Å². The van der Waals surface area contributed by atoms with Gasteiger partial charge in [-0.15, -0.1) is 25.6 Å². The van der Waals surface area contributed by atoms with E-state index in [1.54, 1.807) is 6.92 Å². The first kappa shape index (κ1) is 14.1. The third-order valence-corrected chi connectivity index (χ3v) is 1.64. The lowest BCUT2D eigenvalue weighted by Gasteiger charge is -2.10. The van der Waals surface area contributed by atoms with Crippen molar-refractivity contribution in [3.63, 3.8) is 0 Å². The Labute approximate surface area is 91.6 Å². The molecule has 0 amide bonds. The smallest absolute Gasteiger partial charge is 0.406 e. The summed E-state index contributed by atoms with van der Waals surface area (Å²) in [4.78, 5) is 0. The Morgan fingerprint density at radius 2 is 1.67 bits per heavy atom. The fourth-order valence-corrected chi connectivity index (χ4v) is 0.973. The number of ether oxygens (including phenoxy) is 1. The highest BCUT2D eigenvalue weighted by Gasteiger charge is 2.30. The first-order valence-corrected chi connectivity index (χ1v) is 4.00. The van der Waals surface area contributed by atoms with Crippen molar-refractivity contribution in [3.8, 4) is 5.75 Å². The molecule has 0 unspecified atom stereocenters. The van der Waals surface area contributed by atoms with Crippen LogP contribution in [0.2, 0.25) is 0 Å². The summed E-state index contributed by atoms with van der Waals surface area (Å²) in [5.41, 5.74) is 6.29. The van der Waals surface area contributed by atoms with E-state index in [1.165, 1.54) is 24.3 Å². The molecule has 0 aliphatic heterocycles. The molecule has 0 fully saturated rings. The third-order valence-electron chi connectivity index (χ3n) is 1.64. The van der Waals surface area contributed by atoms with Crippen molar-refractivity contribution in [2.75, 3.05) is 0 Å². The average Bonchev–Trinajstić information content (AvgIpc) is 2.02. The molecule has 2 N–H and O–H groups in total. The highest BCUT2D eigenvalue weighted by atomic mass is 35.5. The summed E-state index contributed by atoms with van der Waals surface area (Å²) in [5, 5.41) is 0. The minimum Gasteiger partial charge on any atom is -0.406 e. The van der Waals surface area contributed by atoms with Crippen molar-refractivity contribution in [2.45, 2.75) is 19.3 Å². The molecule has 0 aromatic heterocycles. The monoisotopic (exact) mass is 241 g/mol. The Hall–Kier alpha value is -0.940. The summed E-state index contributed by atoms with van der Waals surface area (Å²) in [6, 6.07) is 5.30. The van der Waals surface area contributed by atoms with Crippen LogP contribution in [0.3, 0.4) is 0 Å². The number of hydrogen-bond acceptors (Lipinski definition) is 2. The molecule has 0 heterocycles. The highest BCUT2D eigenvalue weighted by molar-refractivity contribution is 5.85. The summed E-state index contributed by atoms with van der Waals surface area (Å²) < 4.78 is 39.0. The fraction of sp³-hybridized carbons (Fsp3) is 0.333. The number of hydrogen-bond donors (Lipinski definition) is 1. The predicted molar refractivity (Wildman–Crippen MR) is 53.0 cm³/mol. The van der Waals surface area contributed by atoms with Gasteiger partial charge in [0.1, 0.15) is 5.75 Å². The Kier molecular flexibility index (Phi) is 4.90. The fourth-order valence-electron chi connectivity index (χ4n) is 0.973. The second-order valence-electron chi connectivity index (χ2n) is 2.91. The lowest BCUT2D eigenvalue weighted by Crippen LogP contribution is -2.17. The number of nitrogens with two attached hydrogens (primary N) is 1. The van der Waals surface area contributed by atoms with Crippen LogP contribution in [0.4, 0.5) is 13.2 Å². The molecule has 0 aliphatic carbocycles. The summed E-state index contributed by atoms with van der Waals surface area (Å²) in [5.74, 6) is -0.234. The summed E-state index contributed by atoms with van der Waals surface area (Å²) in [7, 11) is 0. The molecule has 0 bridgehead atoms. The van der Waals surface area contributed by atoms with E-state index in [2.05, 4.69) is 4.74 Å². The van der Waals surface area contributed by atoms with Gasteiger partial charge in [-0.3, -0.25) is 0 Å². The quantitative estimate of drug-likeness (QED) is 0.864. The summed E-state index contributed by atoms with van der Waals surface area (Å²) in [6.07, 6.45) is -4.64. The zero-order valence-electron chi connectivity index (χ0n) is 7.91. The first-order valence-electron chi connectivity index (χ1n) is 4.00. The predicted octanol–water partition coefficient (Wildman–Crippen LogP) is 3.03. The largest absolute Gasteiger partial charge is 0.573 e. The zero-order chi connectivity index (χ0) is 10.8. The van der Waals surface area contributed by atoms with Gasteiger partial charge in [-0.1, -0.05) is 12.1 Å². The van der Waals surface area contributed by atoms with Crippen LogP contribution in [0.5, 0.6) is 5.75 Å². The van der Waals surface area contributed by atoms with Crippen LogP contribution >= 0.6 is 12.4 Å². The zero-order valence-corrected chi connectivity index (χ0v) is 8.73. The maximum Gasteiger partial charge on any atom is 0.573 e.